The number of ether oxygens (including phenoxy) is 2. The molecule has 0 heterocycles. The van der Waals surface area contributed by atoms with Gasteiger partial charge in [-0.05, 0) is 0 Å². The molecule has 0 saturated heterocycles. The number of aliphatic hydroxyl groups is 1. The van der Waals surface area contributed by atoms with Crippen LogP contribution in [-0.2, 0) is 9.47 Å². The lowest BCUT2D eigenvalue weighted by Gasteiger charge is -2.32. The lowest BCUT2D eigenvalue weighted by atomic mass is 10.3. The van der Waals surface area contributed by atoms with Crippen LogP contribution in [0.1, 0.15) is 0 Å². The first-order valence-corrected chi connectivity index (χ1v) is 4.50. The average Bonchev–Trinajstić information content (AvgIpc) is 2.03. The summed E-state index contributed by atoms with van der Waals surface area (Å²) >= 11 is 0. The molecule has 0 aliphatic rings. The monoisotopic (exact) mass is 192 g/mol. The highest BCUT2D eigenvalue weighted by molar-refractivity contribution is 4.53. The Labute approximate surface area is 80.6 Å². The maximum atomic E-state index is 8.83. The molecule has 0 aliphatic heterocycles. The van der Waals surface area contributed by atoms with Crippen LogP contribution < -0.4 is 0 Å². The van der Waals surface area contributed by atoms with Crippen molar-refractivity contribution in [3.8, 4) is 0 Å². The number of aliphatic hydroxyl groups excluding tert-OH is 1. The van der Waals surface area contributed by atoms with Gasteiger partial charge in [-0.25, -0.2) is 0 Å². The Morgan fingerprint density at radius 2 is 1.92 bits per heavy atom. The molecule has 0 rings (SSSR count). The fraction of sp³-hybridized carbons (Fsp3) is 1.00. The summed E-state index contributed by atoms with van der Waals surface area (Å²) in [5, 5.41) is 8.83. The third-order valence-corrected chi connectivity index (χ3v) is 2.09. The molecule has 0 aromatic heterocycles. The van der Waals surface area contributed by atoms with Crippen molar-refractivity contribution >= 4 is 0 Å². The number of hydrogen-bond acceptors (Lipinski definition) is 3. The van der Waals surface area contributed by atoms with Crippen molar-refractivity contribution in [1.29, 1.82) is 0 Å². The molecular formula is C9H22NO3+. The Kier molecular flexibility index (Phi) is 6.24. The van der Waals surface area contributed by atoms with Crippen LogP contribution in [0.2, 0.25) is 0 Å². The molecule has 0 spiro atoms. The number of nitrogens with zero attached hydrogens (tertiary/aromatic N) is 1. The molecule has 0 aliphatic carbocycles. The summed E-state index contributed by atoms with van der Waals surface area (Å²) in [7, 11) is 7.48. The quantitative estimate of drug-likeness (QED) is 0.564. The normalized spacial score (nSPS) is 14.5. The molecular weight excluding hydrogens is 170 g/mol. The van der Waals surface area contributed by atoms with Crippen molar-refractivity contribution in [2.75, 3.05) is 54.6 Å². The maximum absolute atomic E-state index is 8.83. The minimum absolute atomic E-state index is 0.103. The van der Waals surface area contributed by atoms with Crippen LogP contribution in [0.25, 0.3) is 0 Å². The average molecular weight is 192 g/mol. The molecule has 1 atom stereocenters. The highest BCUT2D eigenvalue weighted by Crippen LogP contribution is 2.02. The van der Waals surface area contributed by atoms with Crippen molar-refractivity contribution in [1.82, 2.24) is 0 Å². The number of likely N-dealkylation sites (N-methyl/N-ethyl adjacent to an activating group) is 1. The van der Waals surface area contributed by atoms with E-state index in [9.17, 15) is 0 Å². The van der Waals surface area contributed by atoms with Crippen LogP contribution in [0.15, 0.2) is 0 Å². The molecule has 0 fully saturated rings. The number of rotatable bonds is 7. The summed E-state index contributed by atoms with van der Waals surface area (Å²) in [5.74, 6) is 0. The van der Waals surface area contributed by atoms with Gasteiger partial charge in [0.2, 0.25) is 0 Å². The minimum atomic E-state index is 0.103. The first kappa shape index (κ1) is 12.8. The molecule has 1 N–H and O–H groups in total. The van der Waals surface area contributed by atoms with Crippen LogP contribution >= 0.6 is 0 Å². The second-order valence-corrected chi connectivity index (χ2v) is 3.88. The molecule has 0 bridgehead atoms. The number of quaternary nitrogens is 1. The number of hydrogen-bond donors (Lipinski definition) is 1. The smallest absolute Gasteiger partial charge is 0.129 e. The van der Waals surface area contributed by atoms with Gasteiger partial charge in [-0.1, -0.05) is 0 Å². The zero-order chi connectivity index (χ0) is 10.3. The van der Waals surface area contributed by atoms with E-state index in [2.05, 4.69) is 14.1 Å². The van der Waals surface area contributed by atoms with E-state index >= 15 is 0 Å². The summed E-state index contributed by atoms with van der Waals surface area (Å²) in [6.07, 6.45) is 0.103. The van der Waals surface area contributed by atoms with E-state index in [4.69, 9.17) is 14.6 Å². The van der Waals surface area contributed by atoms with Crippen molar-refractivity contribution in [2.45, 2.75) is 6.10 Å². The molecule has 4 nitrogen and oxygen atoms in total. The Morgan fingerprint density at radius 3 is 2.31 bits per heavy atom. The summed E-state index contributed by atoms with van der Waals surface area (Å²) < 4.78 is 11.0. The Hall–Kier alpha value is -0.160. The summed E-state index contributed by atoms with van der Waals surface area (Å²) in [6.45, 7) is 2.40. The highest BCUT2D eigenvalue weighted by atomic mass is 16.5. The topological polar surface area (TPSA) is 38.7 Å². The van der Waals surface area contributed by atoms with Crippen LogP contribution in [0.5, 0.6) is 0 Å². The van der Waals surface area contributed by atoms with Crippen molar-refractivity contribution in [3.05, 3.63) is 0 Å². The van der Waals surface area contributed by atoms with Gasteiger partial charge in [-0.2, -0.15) is 0 Å². The largest absolute Gasteiger partial charge is 0.391 e. The Bertz CT molecular complexity index is 128. The van der Waals surface area contributed by atoms with Crippen LogP contribution in [0.4, 0.5) is 0 Å². The maximum Gasteiger partial charge on any atom is 0.129 e. The zero-order valence-corrected chi connectivity index (χ0v) is 9.12. The van der Waals surface area contributed by atoms with Gasteiger partial charge in [0.25, 0.3) is 0 Å². The molecule has 0 aromatic rings. The van der Waals surface area contributed by atoms with Gasteiger partial charge in [-0.15, -0.1) is 0 Å². The number of methoxy groups -OCH3 is 2. The fourth-order valence-corrected chi connectivity index (χ4v) is 1.29. The summed E-state index contributed by atoms with van der Waals surface area (Å²) in [6, 6.07) is 0. The third-order valence-electron chi connectivity index (χ3n) is 2.09. The van der Waals surface area contributed by atoms with Gasteiger partial charge in [0.1, 0.15) is 19.2 Å². The van der Waals surface area contributed by atoms with E-state index in [1.807, 2.05) is 0 Å². The van der Waals surface area contributed by atoms with E-state index < -0.39 is 0 Å². The van der Waals surface area contributed by atoms with Gasteiger partial charge in [0.05, 0.1) is 27.3 Å². The van der Waals surface area contributed by atoms with E-state index in [-0.39, 0.29) is 12.7 Å². The second kappa shape index (κ2) is 6.32. The summed E-state index contributed by atoms with van der Waals surface area (Å²) in [5.41, 5.74) is 0. The van der Waals surface area contributed by atoms with Crippen molar-refractivity contribution in [3.63, 3.8) is 0 Å². The molecule has 0 amide bonds. The zero-order valence-electron chi connectivity index (χ0n) is 9.12. The van der Waals surface area contributed by atoms with Gasteiger partial charge >= 0.3 is 0 Å². The van der Waals surface area contributed by atoms with Gasteiger partial charge in [0, 0.05) is 14.2 Å². The first-order chi connectivity index (χ1) is 6.05. The second-order valence-electron chi connectivity index (χ2n) is 3.88. The molecule has 0 aromatic carbocycles. The fourth-order valence-electron chi connectivity index (χ4n) is 1.29. The molecule has 4 heteroatoms. The van der Waals surface area contributed by atoms with Crippen molar-refractivity contribution in [2.24, 2.45) is 0 Å². The molecule has 1 unspecified atom stereocenters. The molecule has 0 saturated carbocycles. The molecule has 0 radical (unpaired) electrons. The van der Waals surface area contributed by atoms with Gasteiger partial charge < -0.3 is 19.1 Å². The lowest BCUT2D eigenvalue weighted by Crippen LogP contribution is -2.48. The first-order valence-electron chi connectivity index (χ1n) is 4.50. The van der Waals surface area contributed by atoms with Crippen LogP contribution in [0, 0.1) is 0 Å². The van der Waals surface area contributed by atoms with Gasteiger partial charge in [0.15, 0.2) is 0 Å². The predicted molar refractivity (Wildman–Crippen MR) is 51.6 cm³/mol. The van der Waals surface area contributed by atoms with E-state index in [0.717, 1.165) is 17.6 Å². The SMILES string of the molecule is COCC(C[N+](C)(C)CCO)OC. The Balaban J connectivity index is 3.89. The highest BCUT2D eigenvalue weighted by Gasteiger charge is 2.21. The van der Waals surface area contributed by atoms with E-state index in [1.165, 1.54) is 0 Å². The lowest BCUT2D eigenvalue weighted by molar-refractivity contribution is -0.893. The van der Waals surface area contributed by atoms with E-state index in [0.29, 0.717) is 6.61 Å². The molecule has 13 heavy (non-hydrogen) atoms. The summed E-state index contributed by atoms with van der Waals surface area (Å²) in [4.78, 5) is 0. The Morgan fingerprint density at radius 1 is 1.31 bits per heavy atom. The van der Waals surface area contributed by atoms with Crippen LogP contribution in [0.3, 0.4) is 0 Å². The standard InChI is InChI=1S/C9H22NO3/c1-10(2,5-6-11)7-9(13-4)8-12-3/h9,11H,5-8H2,1-4H3/q+1. The molecule has 80 valence electrons. The third kappa shape index (κ3) is 5.99. The van der Waals surface area contributed by atoms with Crippen LogP contribution in [-0.4, -0.2) is 70.3 Å². The van der Waals surface area contributed by atoms with Crippen molar-refractivity contribution < 1.29 is 19.1 Å². The van der Waals surface area contributed by atoms with E-state index in [1.54, 1.807) is 14.2 Å². The van der Waals surface area contributed by atoms with Gasteiger partial charge in [-0.3, -0.25) is 0 Å². The minimum Gasteiger partial charge on any atom is -0.391 e. The predicted octanol–water partition coefficient (Wildman–Crippen LogP) is -0.283.